The van der Waals surface area contributed by atoms with Gasteiger partial charge in [0, 0.05) is 45.1 Å². The van der Waals surface area contributed by atoms with Crippen molar-refractivity contribution in [2.24, 2.45) is 0 Å². The smallest absolute Gasteiger partial charge is 0.365 e. The topological polar surface area (TPSA) is 98.1 Å². The van der Waals surface area contributed by atoms with Gasteiger partial charge in [0.15, 0.2) is 0 Å². The lowest BCUT2D eigenvalue weighted by Crippen LogP contribution is -1.92. The molecule has 0 aliphatic heterocycles. The van der Waals surface area contributed by atoms with Gasteiger partial charge in [-0.05, 0) is 42.5 Å². The molecule has 7 aromatic rings. The van der Waals surface area contributed by atoms with E-state index in [9.17, 15) is 9.46 Å². The van der Waals surface area contributed by atoms with Crippen LogP contribution >= 0.6 is 8.25 Å². The van der Waals surface area contributed by atoms with Crippen molar-refractivity contribution >= 4 is 51.9 Å². The molecule has 1 unspecified atom stereocenters. The molecule has 8 heteroatoms. The molecule has 0 amide bonds. The molecule has 7 nitrogen and oxygen atoms in total. The predicted molar refractivity (Wildman–Crippen MR) is 150 cm³/mol. The fourth-order valence-corrected chi connectivity index (χ4v) is 5.14. The van der Waals surface area contributed by atoms with Crippen molar-refractivity contribution in [3.05, 3.63) is 103 Å². The number of pyridine rings is 4. The highest BCUT2D eigenvalue weighted by Gasteiger charge is 2.13. The fraction of sp³-hybridized carbons (Fsp3) is 0. The Morgan fingerprint density at radius 2 is 1.03 bits per heavy atom. The van der Waals surface area contributed by atoms with E-state index in [-0.39, 0.29) is 5.75 Å². The molecular weight excluding hydrogens is 495 g/mol. The van der Waals surface area contributed by atoms with Gasteiger partial charge in [0.25, 0.3) is 0 Å². The minimum atomic E-state index is -3.22. The van der Waals surface area contributed by atoms with Crippen LogP contribution in [0, 0.1) is 0 Å². The summed E-state index contributed by atoms with van der Waals surface area (Å²) in [6, 6.07) is 29.2. The molecule has 7 rings (SSSR count). The van der Waals surface area contributed by atoms with E-state index in [1.54, 1.807) is 24.5 Å². The lowest BCUT2D eigenvalue weighted by molar-refractivity contribution is 0.410. The van der Waals surface area contributed by atoms with Crippen molar-refractivity contribution in [3.8, 4) is 28.3 Å². The minimum absolute atomic E-state index is 0.264. The van der Waals surface area contributed by atoms with E-state index in [2.05, 4.69) is 9.97 Å². The van der Waals surface area contributed by atoms with E-state index < -0.39 is 8.25 Å². The first kappa shape index (κ1) is 22.5. The monoisotopic (exact) mass is 514 g/mol. The molecule has 1 atom stereocenters. The van der Waals surface area contributed by atoms with Gasteiger partial charge >= 0.3 is 8.25 Å². The van der Waals surface area contributed by atoms with Gasteiger partial charge in [-0.15, -0.1) is 0 Å². The maximum atomic E-state index is 11.6. The summed E-state index contributed by atoms with van der Waals surface area (Å²) in [6.07, 6.45) is 3.51. The van der Waals surface area contributed by atoms with E-state index in [0.29, 0.717) is 11.4 Å². The van der Waals surface area contributed by atoms with Gasteiger partial charge in [-0.1, -0.05) is 48.5 Å². The van der Waals surface area contributed by atoms with E-state index >= 15 is 0 Å². The fourth-order valence-electron chi connectivity index (χ4n) is 4.82. The van der Waals surface area contributed by atoms with Gasteiger partial charge in [0.1, 0.15) is 5.75 Å². The Kier molecular flexibility index (Phi) is 5.32. The number of rotatable bonds is 4. The van der Waals surface area contributed by atoms with Crippen molar-refractivity contribution in [1.82, 2.24) is 19.9 Å². The van der Waals surface area contributed by atoms with Gasteiger partial charge < -0.3 is 9.42 Å². The Hall–Kier alpha value is -4.71. The number of benzene rings is 3. The molecule has 0 saturated heterocycles. The average molecular weight is 514 g/mol. The highest BCUT2D eigenvalue weighted by molar-refractivity contribution is 7.32. The van der Waals surface area contributed by atoms with Gasteiger partial charge in [-0.2, -0.15) is 0 Å². The standard InChI is InChI=1S/C30H19N4O3P/c35-38(36)37-24-16-22(25-11-9-20-7-5-18-3-1-13-31-27(18)29(20)33-25)15-23(17-24)26-12-10-21-8-6-19-4-2-14-32-28(19)30(21)34-26/h1-17,38H,(H,35,36). The van der Waals surface area contributed by atoms with Crippen molar-refractivity contribution < 1.29 is 14.0 Å². The van der Waals surface area contributed by atoms with Crippen LogP contribution in [0.2, 0.25) is 0 Å². The molecule has 0 aliphatic carbocycles. The normalized spacial score (nSPS) is 12.3. The molecule has 1 N–H and O–H groups in total. The number of hydrogen-bond acceptors (Lipinski definition) is 6. The summed E-state index contributed by atoms with van der Waals surface area (Å²) in [5.74, 6) is 0.264. The SMILES string of the molecule is O=[PH](O)Oc1cc(-c2ccc3ccc4cccnc4c3n2)cc(-c2ccc3ccc4cccnc4c3n2)c1. The highest BCUT2D eigenvalue weighted by Crippen LogP contribution is 2.35. The lowest BCUT2D eigenvalue weighted by atomic mass is 10.0. The van der Waals surface area contributed by atoms with E-state index in [1.807, 2.05) is 78.9 Å². The third-order valence-electron chi connectivity index (χ3n) is 6.57. The van der Waals surface area contributed by atoms with Crippen LogP contribution < -0.4 is 4.52 Å². The zero-order valence-corrected chi connectivity index (χ0v) is 20.9. The summed E-state index contributed by atoms with van der Waals surface area (Å²) in [7, 11) is -3.22. The molecule has 38 heavy (non-hydrogen) atoms. The van der Waals surface area contributed by atoms with Crippen LogP contribution in [0.4, 0.5) is 0 Å². The number of fused-ring (bicyclic) bond motifs is 6. The van der Waals surface area contributed by atoms with Gasteiger partial charge in [-0.3, -0.25) is 9.97 Å². The Balaban J connectivity index is 1.43. The molecular formula is C30H19N4O3P. The molecule has 3 aromatic carbocycles. The minimum Gasteiger partial charge on any atom is -0.426 e. The number of aromatic nitrogens is 4. The van der Waals surface area contributed by atoms with Crippen molar-refractivity contribution in [1.29, 1.82) is 0 Å². The largest absolute Gasteiger partial charge is 0.426 e. The maximum Gasteiger partial charge on any atom is 0.365 e. The van der Waals surface area contributed by atoms with Crippen molar-refractivity contribution in [2.75, 3.05) is 0 Å². The van der Waals surface area contributed by atoms with Crippen LogP contribution in [0.1, 0.15) is 0 Å². The number of nitrogens with zero attached hydrogens (tertiary/aromatic N) is 4. The first-order valence-corrected chi connectivity index (χ1v) is 13.2. The summed E-state index contributed by atoms with van der Waals surface area (Å²) >= 11 is 0. The third kappa shape index (κ3) is 3.95. The van der Waals surface area contributed by atoms with Crippen molar-refractivity contribution in [3.63, 3.8) is 0 Å². The van der Waals surface area contributed by atoms with Crippen LogP contribution in [0.25, 0.3) is 66.1 Å². The highest BCUT2D eigenvalue weighted by atomic mass is 31.1. The second-order valence-electron chi connectivity index (χ2n) is 8.93. The first-order chi connectivity index (χ1) is 18.6. The van der Waals surface area contributed by atoms with Crippen LogP contribution in [0.5, 0.6) is 5.75 Å². The van der Waals surface area contributed by atoms with Crippen LogP contribution in [0.3, 0.4) is 0 Å². The third-order valence-corrected chi connectivity index (χ3v) is 6.98. The maximum absolute atomic E-state index is 11.6. The Morgan fingerprint density at radius 3 is 1.50 bits per heavy atom. The Bertz CT molecular complexity index is 1920. The van der Waals surface area contributed by atoms with Crippen LogP contribution in [-0.2, 0) is 4.57 Å². The zero-order valence-electron chi connectivity index (χ0n) is 19.9. The van der Waals surface area contributed by atoms with E-state index in [1.165, 1.54) is 0 Å². The lowest BCUT2D eigenvalue weighted by Gasteiger charge is -2.11. The molecule has 4 heterocycles. The molecule has 0 spiro atoms. The average Bonchev–Trinajstić information content (AvgIpc) is 2.96. The van der Waals surface area contributed by atoms with Crippen LogP contribution in [-0.4, -0.2) is 24.8 Å². The van der Waals surface area contributed by atoms with E-state index in [0.717, 1.165) is 54.7 Å². The second-order valence-corrected chi connectivity index (χ2v) is 9.67. The van der Waals surface area contributed by atoms with Crippen molar-refractivity contribution in [2.45, 2.75) is 0 Å². The zero-order chi connectivity index (χ0) is 25.6. The summed E-state index contributed by atoms with van der Waals surface area (Å²) in [5.41, 5.74) is 6.03. The molecule has 4 aromatic heterocycles. The summed E-state index contributed by atoms with van der Waals surface area (Å²) in [6.45, 7) is 0. The molecule has 0 bridgehead atoms. The van der Waals surface area contributed by atoms with Gasteiger partial charge in [0.2, 0.25) is 0 Å². The predicted octanol–water partition coefficient (Wildman–Crippen LogP) is 6.97. The molecule has 0 saturated carbocycles. The van der Waals surface area contributed by atoms with Gasteiger partial charge in [0.05, 0.1) is 33.5 Å². The van der Waals surface area contributed by atoms with Crippen LogP contribution in [0.15, 0.2) is 103 Å². The van der Waals surface area contributed by atoms with Gasteiger partial charge in [-0.25, -0.2) is 14.5 Å². The second kappa shape index (κ2) is 8.99. The van der Waals surface area contributed by atoms with E-state index in [4.69, 9.17) is 14.5 Å². The molecule has 182 valence electrons. The summed E-state index contributed by atoms with van der Waals surface area (Å²) in [4.78, 5) is 28.5. The Morgan fingerprint density at radius 1 is 0.579 bits per heavy atom. The summed E-state index contributed by atoms with van der Waals surface area (Å²) < 4.78 is 16.9. The molecule has 0 radical (unpaired) electrons. The summed E-state index contributed by atoms with van der Waals surface area (Å²) in [5, 5.41) is 3.96. The quantitative estimate of drug-likeness (QED) is 0.200. The molecule has 0 aliphatic rings. The molecule has 0 fully saturated rings. The Labute approximate surface area is 217 Å². The first-order valence-electron chi connectivity index (χ1n) is 12.0. The number of hydrogen-bond donors (Lipinski definition) is 1.